The Morgan fingerprint density at radius 3 is 2.29 bits per heavy atom. The van der Waals surface area contributed by atoms with Crippen LogP contribution in [0.4, 0.5) is 0 Å². The van der Waals surface area contributed by atoms with E-state index < -0.39 is 10.1 Å². The zero-order valence-electron chi connectivity index (χ0n) is 7.06. The van der Waals surface area contributed by atoms with Crippen LogP contribution in [0.25, 0.3) is 0 Å². The number of hydrogen-bond donors (Lipinski definition) is 1. The summed E-state index contributed by atoms with van der Waals surface area (Å²) in [5, 5.41) is 0. The van der Waals surface area contributed by atoms with Crippen molar-refractivity contribution in [3.8, 4) is 24.7 Å². The highest BCUT2D eigenvalue weighted by molar-refractivity contribution is 7.85. The van der Waals surface area contributed by atoms with Gasteiger partial charge in [-0.1, -0.05) is 11.8 Å². The second kappa shape index (κ2) is 3.55. The molecule has 4 heteroatoms. The predicted molar refractivity (Wildman–Crippen MR) is 52.1 cm³/mol. The molecular formula is C10H6O3S. The number of hydrogen-bond acceptors (Lipinski definition) is 2. The van der Waals surface area contributed by atoms with E-state index in [-0.39, 0.29) is 10.5 Å². The van der Waals surface area contributed by atoms with E-state index >= 15 is 0 Å². The summed E-state index contributed by atoms with van der Waals surface area (Å²) in [5.41, 5.74) is 0.433. The van der Waals surface area contributed by atoms with Crippen molar-refractivity contribution in [3.63, 3.8) is 0 Å². The van der Waals surface area contributed by atoms with Crippen LogP contribution in [0.1, 0.15) is 11.1 Å². The number of terminal acetylenes is 2. The number of benzene rings is 1. The normalized spacial score (nSPS) is 10.2. The Labute approximate surface area is 82.5 Å². The molecule has 0 unspecified atom stereocenters. The zero-order chi connectivity index (χ0) is 10.8. The Balaban J connectivity index is 3.57. The predicted octanol–water partition coefficient (Wildman–Crippen LogP) is 0.896. The van der Waals surface area contributed by atoms with Crippen LogP contribution in [-0.2, 0) is 10.1 Å². The molecule has 0 saturated carbocycles. The Bertz CT molecular complexity index is 542. The molecule has 1 aromatic carbocycles. The molecule has 0 bridgehead atoms. The number of rotatable bonds is 1. The SMILES string of the molecule is C#Cc1ccc(C#C)c(S(=O)(=O)O)c1. The van der Waals surface area contributed by atoms with E-state index in [9.17, 15) is 8.42 Å². The molecule has 0 fully saturated rings. The van der Waals surface area contributed by atoms with Gasteiger partial charge < -0.3 is 0 Å². The van der Waals surface area contributed by atoms with Gasteiger partial charge in [0, 0.05) is 11.1 Å². The fourth-order valence-electron chi connectivity index (χ4n) is 0.945. The first-order chi connectivity index (χ1) is 6.49. The molecule has 1 rings (SSSR count). The molecule has 3 nitrogen and oxygen atoms in total. The van der Waals surface area contributed by atoms with Gasteiger partial charge in [0.05, 0.1) is 0 Å². The lowest BCUT2D eigenvalue weighted by atomic mass is 10.1. The summed E-state index contributed by atoms with van der Waals surface area (Å²) in [6, 6.07) is 4.03. The average molecular weight is 206 g/mol. The first-order valence-corrected chi connectivity index (χ1v) is 4.98. The molecule has 0 aromatic heterocycles. The van der Waals surface area contributed by atoms with Crippen molar-refractivity contribution in [2.24, 2.45) is 0 Å². The molecular weight excluding hydrogens is 200 g/mol. The molecule has 0 spiro atoms. The van der Waals surface area contributed by atoms with Crippen molar-refractivity contribution >= 4 is 10.1 Å². The average Bonchev–Trinajstić information content (AvgIpc) is 2.15. The van der Waals surface area contributed by atoms with Crippen LogP contribution in [0.3, 0.4) is 0 Å². The Morgan fingerprint density at radius 2 is 1.86 bits per heavy atom. The highest BCUT2D eigenvalue weighted by Gasteiger charge is 2.14. The smallest absolute Gasteiger partial charge is 0.282 e. The Morgan fingerprint density at radius 1 is 1.21 bits per heavy atom. The minimum absolute atomic E-state index is 0.0894. The summed E-state index contributed by atoms with van der Waals surface area (Å²) in [5.74, 6) is 4.39. The maximum atomic E-state index is 10.9. The fourth-order valence-corrected chi connectivity index (χ4v) is 1.63. The van der Waals surface area contributed by atoms with Gasteiger partial charge in [-0.25, -0.2) is 0 Å². The van der Waals surface area contributed by atoms with Crippen LogP contribution in [0, 0.1) is 24.7 Å². The van der Waals surface area contributed by atoms with Crippen LogP contribution >= 0.6 is 0 Å². The molecule has 0 atom stereocenters. The van der Waals surface area contributed by atoms with Gasteiger partial charge in [0.25, 0.3) is 10.1 Å². The molecule has 0 amide bonds. The maximum absolute atomic E-state index is 10.9. The third kappa shape index (κ3) is 1.94. The summed E-state index contributed by atoms with van der Waals surface area (Å²) in [7, 11) is -4.32. The summed E-state index contributed by atoms with van der Waals surface area (Å²) < 4.78 is 30.6. The topological polar surface area (TPSA) is 54.4 Å². The maximum Gasteiger partial charge on any atom is 0.295 e. The van der Waals surface area contributed by atoms with Gasteiger partial charge >= 0.3 is 0 Å². The first kappa shape index (κ1) is 10.3. The van der Waals surface area contributed by atoms with Crippen molar-refractivity contribution in [2.45, 2.75) is 4.90 Å². The van der Waals surface area contributed by atoms with Gasteiger partial charge in [0.1, 0.15) is 4.90 Å². The summed E-state index contributed by atoms with van der Waals surface area (Å²) in [6.45, 7) is 0. The summed E-state index contributed by atoms with van der Waals surface area (Å²) in [6.07, 6.45) is 10.1. The standard InChI is InChI=1S/C10H6O3S/c1-3-8-5-6-9(4-2)10(7-8)14(11,12)13/h1-2,5-7H,(H,11,12,13). The second-order valence-electron chi connectivity index (χ2n) is 2.47. The van der Waals surface area contributed by atoms with Crippen LogP contribution in [0.5, 0.6) is 0 Å². The lowest BCUT2D eigenvalue weighted by Gasteiger charge is -2.01. The molecule has 0 radical (unpaired) electrons. The molecule has 14 heavy (non-hydrogen) atoms. The minimum atomic E-state index is -4.32. The van der Waals surface area contributed by atoms with E-state index in [2.05, 4.69) is 11.8 Å². The minimum Gasteiger partial charge on any atom is -0.282 e. The van der Waals surface area contributed by atoms with Crippen LogP contribution in [-0.4, -0.2) is 13.0 Å². The van der Waals surface area contributed by atoms with Crippen LogP contribution in [0.2, 0.25) is 0 Å². The van der Waals surface area contributed by atoms with Gasteiger partial charge in [0.15, 0.2) is 0 Å². The quantitative estimate of drug-likeness (QED) is 0.548. The molecule has 70 valence electrons. The van der Waals surface area contributed by atoms with E-state index in [1.165, 1.54) is 12.1 Å². The van der Waals surface area contributed by atoms with Crippen molar-refractivity contribution in [1.82, 2.24) is 0 Å². The molecule has 1 aromatic rings. The van der Waals surface area contributed by atoms with Gasteiger partial charge in [0.2, 0.25) is 0 Å². The van der Waals surface area contributed by atoms with Crippen molar-refractivity contribution in [2.75, 3.05) is 0 Å². The lowest BCUT2D eigenvalue weighted by Crippen LogP contribution is -2.01. The van der Waals surface area contributed by atoms with Crippen LogP contribution in [0.15, 0.2) is 23.1 Å². The monoisotopic (exact) mass is 206 g/mol. The van der Waals surface area contributed by atoms with Crippen molar-refractivity contribution < 1.29 is 13.0 Å². The van der Waals surface area contributed by atoms with E-state index in [1.807, 2.05) is 0 Å². The summed E-state index contributed by atoms with van der Waals surface area (Å²) >= 11 is 0. The van der Waals surface area contributed by atoms with Crippen LogP contribution < -0.4 is 0 Å². The van der Waals surface area contributed by atoms with E-state index in [4.69, 9.17) is 17.4 Å². The molecule has 0 aliphatic carbocycles. The third-order valence-electron chi connectivity index (χ3n) is 1.58. The van der Waals surface area contributed by atoms with Crippen molar-refractivity contribution in [1.29, 1.82) is 0 Å². The molecule has 1 N–H and O–H groups in total. The van der Waals surface area contributed by atoms with E-state index in [0.717, 1.165) is 6.07 Å². The third-order valence-corrected chi connectivity index (χ3v) is 2.48. The largest absolute Gasteiger partial charge is 0.295 e. The fraction of sp³-hybridized carbons (Fsp3) is 0. The van der Waals surface area contributed by atoms with E-state index in [0.29, 0.717) is 5.56 Å². The van der Waals surface area contributed by atoms with Crippen molar-refractivity contribution in [3.05, 3.63) is 29.3 Å². The van der Waals surface area contributed by atoms with E-state index in [1.54, 1.807) is 0 Å². The molecule has 0 aliphatic heterocycles. The highest BCUT2D eigenvalue weighted by Crippen LogP contribution is 2.16. The van der Waals surface area contributed by atoms with Gasteiger partial charge in [-0.15, -0.1) is 12.8 Å². The van der Waals surface area contributed by atoms with Gasteiger partial charge in [-0.05, 0) is 18.2 Å². The first-order valence-electron chi connectivity index (χ1n) is 3.54. The Kier molecular flexibility index (Phi) is 2.62. The zero-order valence-corrected chi connectivity index (χ0v) is 7.88. The highest BCUT2D eigenvalue weighted by atomic mass is 32.2. The molecule has 0 aliphatic rings. The van der Waals surface area contributed by atoms with Gasteiger partial charge in [-0.3, -0.25) is 4.55 Å². The molecule has 0 heterocycles. The van der Waals surface area contributed by atoms with Gasteiger partial charge in [-0.2, -0.15) is 8.42 Å². The molecule has 0 saturated heterocycles. The summed E-state index contributed by atoms with van der Waals surface area (Å²) in [4.78, 5) is -0.338. The second-order valence-corrected chi connectivity index (χ2v) is 3.86. The lowest BCUT2D eigenvalue weighted by molar-refractivity contribution is 0.483. The Hall–Kier alpha value is -1.75.